The van der Waals surface area contributed by atoms with Gasteiger partial charge in [0.2, 0.25) is 5.88 Å². The lowest BCUT2D eigenvalue weighted by Gasteiger charge is -2.38. The Bertz CT molecular complexity index is 460. The van der Waals surface area contributed by atoms with Crippen molar-refractivity contribution >= 4 is 11.5 Å². The van der Waals surface area contributed by atoms with E-state index in [4.69, 9.17) is 15.2 Å². The predicted octanol–water partition coefficient (Wildman–Crippen LogP) is 2.31. The Kier molecular flexibility index (Phi) is 4.38. The largest absolute Gasteiger partial charge is 0.476 e. The summed E-state index contributed by atoms with van der Waals surface area (Å²) >= 11 is 0. The number of aromatic nitrogens is 1. The fraction of sp³-hybridized carbons (Fsp3) is 0.667. The quantitative estimate of drug-likeness (QED) is 0.916. The molecule has 1 saturated heterocycles. The van der Waals surface area contributed by atoms with Crippen LogP contribution in [-0.2, 0) is 4.74 Å². The third kappa shape index (κ3) is 3.76. The van der Waals surface area contributed by atoms with Gasteiger partial charge in [0, 0.05) is 13.1 Å². The van der Waals surface area contributed by atoms with Gasteiger partial charge >= 0.3 is 0 Å². The molecule has 0 aliphatic carbocycles. The molecule has 0 radical (unpaired) electrons. The van der Waals surface area contributed by atoms with E-state index in [-0.39, 0.29) is 5.60 Å². The maximum absolute atomic E-state index is 5.93. The van der Waals surface area contributed by atoms with Crippen molar-refractivity contribution in [1.82, 2.24) is 4.98 Å². The molecule has 5 heteroatoms. The number of nitrogens with zero attached hydrogens (tertiary/aromatic N) is 2. The third-order valence-corrected chi connectivity index (χ3v) is 3.18. The average molecular weight is 279 g/mol. The van der Waals surface area contributed by atoms with Gasteiger partial charge in [0.1, 0.15) is 5.82 Å². The Morgan fingerprint density at radius 3 is 2.85 bits per heavy atom. The molecule has 1 aromatic rings. The van der Waals surface area contributed by atoms with Crippen molar-refractivity contribution < 1.29 is 9.47 Å². The van der Waals surface area contributed by atoms with Crippen LogP contribution in [0.2, 0.25) is 0 Å². The Morgan fingerprint density at radius 1 is 1.45 bits per heavy atom. The second kappa shape index (κ2) is 5.87. The highest BCUT2D eigenvalue weighted by atomic mass is 16.5. The highest BCUT2D eigenvalue weighted by molar-refractivity contribution is 5.54. The molecule has 5 nitrogen and oxygen atoms in total. The maximum Gasteiger partial charge on any atom is 0.239 e. The van der Waals surface area contributed by atoms with E-state index in [9.17, 15) is 0 Å². The van der Waals surface area contributed by atoms with Gasteiger partial charge < -0.3 is 20.1 Å². The Balaban J connectivity index is 2.14. The monoisotopic (exact) mass is 279 g/mol. The fourth-order valence-electron chi connectivity index (χ4n) is 2.19. The zero-order valence-electron chi connectivity index (χ0n) is 12.8. The number of morpholine rings is 1. The molecule has 1 aromatic heterocycles. The molecule has 2 N–H and O–H groups in total. The van der Waals surface area contributed by atoms with Gasteiger partial charge in [-0.3, -0.25) is 0 Å². The van der Waals surface area contributed by atoms with Crippen LogP contribution in [0, 0.1) is 5.92 Å². The third-order valence-electron chi connectivity index (χ3n) is 3.18. The molecule has 0 atom stereocenters. The molecule has 0 spiro atoms. The van der Waals surface area contributed by atoms with Crippen molar-refractivity contribution in [2.45, 2.75) is 33.3 Å². The number of pyridine rings is 1. The average Bonchev–Trinajstić information content (AvgIpc) is 2.36. The van der Waals surface area contributed by atoms with Crippen LogP contribution in [0.5, 0.6) is 5.88 Å². The number of anilines is 2. The second-order valence-corrected chi connectivity index (χ2v) is 6.30. The lowest BCUT2D eigenvalue weighted by molar-refractivity contribution is -0.0279. The van der Waals surface area contributed by atoms with Gasteiger partial charge in [-0.05, 0) is 31.9 Å². The van der Waals surface area contributed by atoms with E-state index in [1.54, 1.807) is 0 Å². The highest BCUT2D eigenvalue weighted by Crippen LogP contribution is 2.26. The first-order valence-electron chi connectivity index (χ1n) is 7.15. The maximum atomic E-state index is 5.93. The van der Waals surface area contributed by atoms with Crippen LogP contribution in [0.1, 0.15) is 27.7 Å². The molecule has 0 aromatic carbocycles. The number of rotatable bonds is 4. The predicted molar refractivity (Wildman–Crippen MR) is 81.2 cm³/mol. The summed E-state index contributed by atoms with van der Waals surface area (Å²) in [6.07, 6.45) is 0. The highest BCUT2D eigenvalue weighted by Gasteiger charge is 2.28. The summed E-state index contributed by atoms with van der Waals surface area (Å²) < 4.78 is 11.4. The van der Waals surface area contributed by atoms with Crippen molar-refractivity contribution in [2.75, 3.05) is 36.9 Å². The number of nitrogens with two attached hydrogens (primary N) is 1. The Morgan fingerprint density at radius 2 is 2.20 bits per heavy atom. The van der Waals surface area contributed by atoms with Crippen LogP contribution < -0.4 is 15.4 Å². The minimum Gasteiger partial charge on any atom is -0.476 e. The van der Waals surface area contributed by atoms with E-state index in [1.165, 1.54) is 0 Å². The first-order chi connectivity index (χ1) is 9.37. The lowest BCUT2D eigenvalue weighted by Crippen LogP contribution is -2.48. The van der Waals surface area contributed by atoms with E-state index in [2.05, 4.69) is 37.6 Å². The van der Waals surface area contributed by atoms with Crippen molar-refractivity contribution in [3.8, 4) is 5.88 Å². The smallest absolute Gasteiger partial charge is 0.239 e. The summed E-state index contributed by atoms with van der Waals surface area (Å²) in [4.78, 5) is 6.77. The molecular weight excluding hydrogens is 254 g/mol. The van der Waals surface area contributed by atoms with Crippen molar-refractivity contribution in [3.63, 3.8) is 0 Å². The number of nitrogen functional groups attached to an aromatic ring is 1. The van der Waals surface area contributed by atoms with Gasteiger partial charge in [0.15, 0.2) is 0 Å². The zero-order chi connectivity index (χ0) is 14.8. The first kappa shape index (κ1) is 14.9. The molecule has 2 rings (SSSR count). The van der Waals surface area contributed by atoms with Crippen molar-refractivity contribution in [1.29, 1.82) is 0 Å². The lowest BCUT2D eigenvalue weighted by atomic mass is 10.1. The van der Waals surface area contributed by atoms with E-state index < -0.39 is 0 Å². The molecule has 1 aliphatic heterocycles. The number of hydrogen-bond donors (Lipinski definition) is 1. The summed E-state index contributed by atoms with van der Waals surface area (Å²) in [6.45, 7) is 11.4. The zero-order valence-corrected chi connectivity index (χ0v) is 12.8. The molecule has 0 saturated carbocycles. The Labute approximate surface area is 121 Å². The molecule has 0 amide bonds. The molecule has 1 fully saturated rings. The van der Waals surface area contributed by atoms with Crippen LogP contribution in [0.25, 0.3) is 0 Å². The van der Waals surface area contributed by atoms with Gasteiger partial charge in [0.25, 0.3) is 0 Å². The van der Waals surface area contributed by atoms with Crippen LogP contribution >= 0.6 is 0 Å². The van der Waals surface area contributed by atoms with E-state index in [0.717, 1.165) is 18.9 Å². The van der Waals surface area contributed by atoms with E-state index >= 15 is 0 Å². The molecule has 0 bridgehead atoms. The summed E-state index contributed by atoms with van der Waals surface area (Å²) in [5, 5.41) is 0. The summed E-state index contributed by atoms with van der Waals surface area (Å²) in [6, 6.07) is 3.80. The van der Waals surface area contributed by atoms with Crippen LogP contribution in [-0.4, -0.2) is 36.9 Å². The van der Waals surface area contributed by atoms with E-state index in [0.29, 0.717) is 30.7 Å². The van der Waals surface area contributed by atoms with Gasteiger partial charge in [-0.15, -0.1) is 0 Å². The molecule has 2 heterocycles. The van der Waals surface area contributed by atoms with Crippen LogP contribution in [0.3, 0.4) is 0 Å². The summed E-state index contributed by atoms with van der Waals surface area (Å²) in [7, 11) is 0. The second-order valence-electron chi connectivity index (χ2n) is 6.30. The van der Waals surface area contributed by atoms with Crippen molar-refractivity contribution in [3.05, 3.63) is 12.1 Å². The minimum atomic E-state index is -0.153. The van der Waals surface area contributed by atoms with E-state index in [1.807, 2.05) is 12.1 Å². The SMILES string of the molecule is CC(C)COc1nc(N2CCOC(C)(C)C2)ccc1N. The van der Waals surface area contributed by atoms with Crippen molar-refractivity contribution in [2.24, 2.45) is 5.92 Å². The normalized spacial score (nSPS) is 18.4. The molecular formula is C15H25N3O2. The molecule has 20 heavy (non-hydrogen) atoms. The fourth-order valence-corrected chi connectivity index (χ4v) is 2.19. The van der Waals surface area contributed by atoms with Gasteiger partial charge in [0.05, 0.1) is 24.5 Å². The first-order valence-corrected chi connectivity index (χ1v) is 7.15. The summed E-state index contributed by atoms with van der Waals surface area (Å²) in [5.41, 5.74) is 6.36. The van der Waals surface area contributed by atoms with Gasteiger partial charge in [-0.1, -0.05) is 13.8 Å². The topological polar surface area (TPSA) is 60.6 Å². The minimum absolute atomic E-state index is 0.153. The van der Waals surface area contributed by atoms with Crippen LogP contribution in [0.4, 0.5) is 11.5 Å². The van der Waals surface area contributed by atoms with Gasteiger partial charge in [-0.2, -0.15) is 4.98 Å². The number of hydrogen-bond acceptors (Lipinski definition) is 5. The molecule has 112 valence electrons. The standard InChI is InChI=1S/C15H25N3O2/c1-11(2)9-19-14-12(16)5-6-13(17-14)18-7-8-20-15(3,4)10-18/h5-6,11H,7-10,16H2,1-4H3. The molecule has 0 unspecified atom stereocenters. The van der Waals surface area contributed by atoms with Gasteiger partial charge in [-0.25, -0.2) is 0 Å². The number of ether oxygens (including phenoxy) is 2. The molecule has 1 aliphatic rings. The summed E-state index contributed by atoms with van der Waals surface area (Å²) in [5.74, 6) is 1.87. The van der Waals surface area contributed by atoms with Crippen LogP contribution in [0.15, 0.2) is 12.1 Å². The Hall–Kier alpha value is -1.49.